The number of amides is 1. The normalized spacial score (nSPS) is 10.2. The van der Waals surface area contributed by atoms with Crippen LogP contribution < -0.4 is 10.1 Å². The molecule has 132 valence electrons. The van der Waals surface area contributed by atoms with Gasteiger partial charge in [0.1, 0.15) is 18.8 Å². The van der Waals surface area contributed by atoms with Crippen LogP contribution in [0.15, 0.2) is 30.3 Å². The fourth-order valence-corrected chi connectivity index (χ4v) is 2.00. The highest BCUT2D eigenvalue weighted by atomic mass is 16.6. The second-order valence-corrected chi connectivity index (χ2v) is 4.91. The molecule has 1 aromatic heterocycles. The SMILES string of the molecule is COC(=O)CNC(=O)c1cc([N+](=O)[O-])n(Cc2ccc(OC)cc2)n1. The lowest BCUT2D eigenvalue weighted by atomic mass is 10.2. The summed E-state index contributed by atoms with van der Waals surface area (Å²) in [5, 5.41) is 17.4. The van der Waals surface area contributed by atoms with E-state index in [0.717, 1.165) is 16.3 Å². The molecule has 0 aliphatic rings. The van der Waals surface area contributed by atoms with E-state index >= 15 is 0 Å². The number of nitro groups is 1. The van der Waals surface area contributed by atoms with Crippen molar-refractivity contribution >= 4 is 17.7 Å². The molecule has 2 rings (SSSR count). The first kappa shape index (κ1) is 17.9. The van der Waals surface area contributed by atoms with Crippen LogP contribution in [0, 0.1) is 10.1 Å². The first-order valence-electron chi connectivity index (χ1n) is 7.14. The first-order valence-corrected chi connectivity index (χ1v) is 7.14. The van der Waals surface area contributed by atoms with E-state index in [2.05, 4.69) is 15.2 Å². The molecule has 0 unspecified atom stereocenters. The predicted octanol–water partition coefficient (Wildman–Crippen LogP) is 0.751. The van der Waals surface area contributed by atoms with Crippen molar-refractivity contribution in [2.45, 2.75) is 6.54 Å². The number of esters is 1. The number of hydrogen-bond acceptors (Lipinski definition) is 7. The van der Waals surface area contributed by atoms with Gasteiger partial charge in [0.25, 0.3) is 5.91 Å². The first-order chi connectivity index (χ1) is 11.9. The summed E-state index contributed by atoms with van der Waals surface area (Å²) in [7, 11) is 2.72. The van der Waals surface area contributed by atoms with Crippen LogP contribution in [0.5, 0.6) is 5.75 Å². The number of nitrogens with one attached hydrogen (secondary N) is 1. The molecule has 1 aromatic carbocycles. The van der Waals surface area contributed by atoms with Crippen molar-refractivity contribution < 1.29 is 24.0 Å². The number of aromatic nitrogens is 2. The fourth-order valence-electron chi connectivity index (χ4n) is 2.00. The number of carbonyl (C=O) groups excluding carboxylic acids is 2. The Balaban J connectivity index is 2.19. The molecule has 10 heteroatoms. The van der Waals surface area contributed by atoms with Gasteiger partial charge in [0.05, 0.1) is 20.3 Å². The van der Waals surface area contributed by atoms with Crippen molar-refractivity contribution in [2.75, 3.05) is 20.8 Å². The molecule has 0 bridgehead atoms. The topological polar surface area (TPSA) is 126 Å². The van der Waals surface area contributed by atoms with Crippen LogP contribution in [-0.2, 0) is 16.1 Å². The summed E-state index contributed by atoms with van der Waals surface area (Å²) in [5.41, 5.74) is 0.581. The van der Waals surface area contributed by atoms with Crippen LogP contribution in [0.1, 0.15) is 16.1 Å². The molecule has 0 spiro atoms. The van der Waals surface area contributed by atoms with Gasteiger partial charge in [0.2, 0.25) is 0 Å². The minimum absolute atomic E-state index is 0.102. The number of ether oxygens (including phenoxy) is 2. The Morgan fingerprint density at radius 2 is 1.96 bits per heavy atom. The van der Waals surface area contributed by atoms with E-state index in [1.807, 2.05) is 0 Å². The van der Waals surface area contributed by atoms with Crippen molar-refractivity contribution in [1.29, 1.82) is 0 Å². The smallest absolute Gasteiger partial charge is 0.346 e. The summed E-state index contributed by atoms with van der Waals surface area (Å²) < 4.78 is 10.6. The summed E-state index contributed by atoms with van der Waals surface area (Å²) in [6.07, 6.45) is 0. The van der Waals surface area contributed by atoms with Gasteiger partial charge in [-0.15, -0.1) is 4.68 Å². The van der Waals surface area contributed by atoms with E-state index in [-0.39, 0.29) is 24.6 Å². The van der Waals surface area contributed by atoms with Gasteiger partial charge in [-0.2, -0.15) is 0 Å². The zero-order valence-electron chi connectivity index (χ0n) is 13.6. The summed E-state index contributed by atoms with van der Waals surface area (Å²) in [5.74, 6) is -1.02. The molecule has 2 aromatic rings. The standard InChI is InChI=1S/C15H16N4O6/c1-24-11-5-3-10(4-6-11)9-18-13(19(22)23)7-12(17-18)15(21)16-8-14(20)25-2/h3-7H,8-9H2,1-2H3,(H,16,21). The van der Waals surface area contributed by atoms with Gasteiger partial charge in [-0.25, -0.2) is 0 Å². The average molecular weight is 348 g/mol. The molecule has 0 atom stereocenters. The molecule has 1 amide bonds. The molecule has 1 N–H and O–H groups in total. The molecule has 0 saturated carbocycles. The maximum absolute atomic E-state index is 12.0. The Bertz CT molecular complexity index is 784. The number of carbonyl (C=O) groups is 2. The number of methoxy groups -OCH3 is 2. The van der Waals surface area contributed by atoms with Crippen molar-refractivity contribution in [3.63, 3.8) is 0 Å². The van der Waals surface area contributed by atoms with Crippen LogP contribution in [0.25, 0.3) is 0 Å². The lowest BCUT2D eigenvalue weighted by Gasteiger charge is -2.02. The molecule has 10 nitrogen and oxygen atoms in total. The molecule has 25 heavy (non-hydrogen) atoms. The molecule has 0 aliphatic carbocycles. The number of nitrogens with zero attached hydrogens (tertiary/aromatic N) is 3. The highest BCUT2D eigenvalue weighted by Gasteiger charge is 2.23. The maximum Gasteiger partial charge on any atom is 0.346 e. The van der Waals surface area contributed by atoms with Gasteiger partial charge in [-0.1, -0.05) is 17.2 Å². The molecule has 1 heterocycles. The van der Waals surface area contributed by atoms with Gasteiger partial charge < -0.3 is 24.9 Å². The van der Waals surface area contributed by atoms with Crippen molar-refractivity contribution in [1.82, 2.24) is 15.1 Å². The third-order valence-electron chi connectivity index (χ3n) is 3.29. The lowest BCUT2D eigenvalue weighted by Crippen LogP contribution is -2.30. The van der Waals surface area contributed by atoms with Crippen molar-refractivity contribution in [3.8, 4) is 5.75 Å². The van der Waals surface area contributed by atoms with E-state index < -0.39 is 16.8 Å². The summed E-state index contributed by atoms with van der Waals surface area (Å²) >= 11 is 0. The zero-order chi connectivity index (χ0) is 18.4. The molecule has 0 radical (unpaired) electrons. The van der Waals surface area contributed by atoms with Gasteiger partial charge in [0, 0.05) is 0 Å². The highest BCUT2D eigenvalue weighted by molar-refractivity contribution is 5.94. The molecule has 0 fully saturated rings. The maximum atomic E-state index is 12.0. The second kappa shape index (κ2) is 7.90. The van der Waals surface area contributed by atoms with Crippen LogP contribution in [-0.4, -0.2) is 47.3 Å². The van der Waals surface area contributed by atoms with E-state index in [1.54, 1.807) is 24.3 Å². The second-order valence-electron chi connectivity index (χ2n) is 4.91. The van der Waals surface area contributed by atoms with Gasteiger partial charge >= 0.3 is 11.8 Å². The minimum atomic E-state index is -0.706. The Morgan fingerprint density at radius 1 is 1.28 bits per heavy atom. The summed E-state index contributed by atoms with van der Waals surface area (Å²) in [4.78, 5) is 33.5. The highest BCUT2D eigenvalue weighted by Crippen LogP contribution is 2.17. The van der Waals surface area contributed by atoms with Gasteiger partial charge in [-0.3, -0.25) is 9.59 Å². The number of rotatable bonds is 7. The third kappa shape index (κ3) is 4.53. The van der Waals surface area contributed by atoms with Crippen molar-refractivity contribution in [3.05, 3.63) is 51.7 Å². The van der Waals surface area contributed by atoms with Gasteiger partial charge in [0.15, 0.2) is 5.69 Å². The number of benzene rings is 1. The minimum Gasteiger partial charge on any atom is -0.497 e. The molecule has 0 saturated heterocycles. The Labute approximate surface area is 142 Å². The zero-order valence-corrected chi connectivity index (χ0v) is 13.6. The monoisotopic (exact) mass is 348 g/mol. The lowest BCUT2D eigenvalue weighted by molar-refractivity contribution is -0.392. The third-order valence-corrected chi connectivity index (χ3v) is 3.29. The number of hydrogen-bond donors (Lipinski definition) is 1. The summed E-state index contributed by atoms with van der Waals surface area (Å²) in [6.45, 7) is -0.251. The van der Waals surface area contributed by atoms with Crippen molar-refractivity contribution in [2.24, 2.45) is 0 Å². The van der Waals surface area contributed by atoms with E-state index in [9.17, 15) is 19.7 Å². The average Bonchev–Trinajstić information content (AvgIpc) is 3.04. The van der Waals surface area contributed by atoms with Crippen LogP contribution >= 0.6 is 0 Å². The Kier molecular flexibility index (Phi) is 5.66. The molecular formula is C15H16N4O6. The van der Waals surface area contributed by atoms with Crippen LogP contribution in [0.2, 0.25) is 0 Å². The Hall–Kier alpha value is -3.43. The fraction of sp³-hybridized carbons (Fsp3) is 0.267. The van der Waals surface area contributed by atoms with Crippen LogP contribution in [0.3, 0.4) is 0 Å². The molecular weight excluding hydrogens is 332 g/mol. The molecule has 0 aliphatic heterocycles. The van der Waals surface area contributed by atoms with E-state index in [4.69, 9.17) is 4.74 Å². The quantitative estimate of drug-likeness (QED) is 0.444. The van der Waals surface area contributed by atoms with E-state index in [1.165, 1.54) is 14.2 Å². The Morgan fingerprint density at radius 3 is 2.52 bits per heavy atom. The van der Waals surface area contributed by atoms with E-state index in [0.29, 0.717) is 5.75 Å². The van der Waals surface area contributed by atoms with Gasteiger partial charge in [-0.05, 0) is 22.6 Å². The predicted molar refractivity (Wildman–Crippen MR) is 85.3 cm³/mol. The largest absolute Gasteiger partial charge is 0.497 e. The van der Waals surface area contributed by atoms with Crippen LogP contribution in [0.4, 0.5) is 5.82 Å². The summed E-state index contributed by atoms with van der Waals surface area (Å²) in [6, 6.07) is 7.96.